The maximum absolute atomic E-state index is 6.01. The summed E-state index contributed by atoms with van der Waals surface area (Å²) < 4.78 is 0. The van der Waals surface area contributed by atoms with Crippen molar-refractivity contribution in [2.75, 3.05) is 13.1 Å². The Balaban J connectivity index is 1.97. The van der Waals surface area contributed by atoms with E-state index >= 15 is 0 Å². The molecule has 1 atom stereocenters. The molecular weight excluding hydrogens is 298 g/mol. The van der Waals surface area contributed by atoms with E-state index in [9.17, 15) is 0 Å². The van der Waals surface area contributed by atoms with E-state index in [2.05, 4.69) is 48.8 Å². The summed E-state index contributed by atoms with van der Waals surface area (Å²) in [6.07, 6.45) is 2.32. The van der Waals surface area contributed by atoms with Gasteiger partial charge < -0.3 is 5.32 Å². The number of nitrogens with one attached hydrogen (secondary N) is 1. The molecule has 2 rings (SSSR count). The summed E-state index contributed by atoms with van der Waals surface area (Å²) in [5, 5.41) is 6.57. The zero-order valence-electron chi connectivity index (χ0n) is 12.8. The van der Waals surface area contributed by atoms with Crippen molar-refractivity contribution in [1.29, 1.82) is 0 Å². The summed E-state index contributed by atoms with van der Waals surface area (Å²) in [4.78, 5) is 1.47. The summed E-state index contributed by atoms with van der Waals surface area (Å²) in [5.74, 6) is 1.23. The Kier molecular flexibility index (Phi) is 6.75. The van der Waals surface area contributed by atoms with Gasteiger partial charge in [0.1, 0.15) is 0 Å². The molecule has 1 unspecified atom stereocenters. The number of aryl methyl sites for hydroxylation is 1. The third kappa shape index (κ3) is 5.82. The zero-order chi connectivity index (χ0) is 15.1. The minimum Gasteiger partial charge on any atom is -0.316 e. The van der Waals surface area contributed by atoms with Crippen LogP contribution in [-0.2, 0) is 6.42 Å². The molecule has 1 aromatic heterocycles. The van der Waals surface area contributed by atoms with Gasteiger partial charge in [-0.25, -0.2) is 0 Å². The molecule has 0 spiro atoms. The van der Waals surface area contributed by atoms with Gasteiger partial charge in [0.15, 0.2) is 0 Å². The van der Waals surface area contributed by atoms with Crippen molar-refractivity contribution in [1.82, 2.24) is 5.32 Å². The van der Waals surface area contributed by atoms with E-state index < -0.39 is 0 Å². The standard InChI is InChI=1S/C18H24ClNS/c1-14(2)12-20-13-16(7-10-18-4-3-11-21-18)15-5-8-17(19)9-6-15/h3-6,8-9,11,14,16,20H,7,10,12-13H2,1-2H3. The average molecular weight is 322 g/mol. The molecule has 1 N–H and O–H groups in total. The lowest BCUT2D eigenvalue weighted by atomic mass is 9.93. The van der Waals surface area contributed by atoms with Gasteiger partial charge in [0.2, 0.25) is 0 Å². The average Bonchev–Trinajstić information content (AvgIpc) is 2.96. The maximum Gasteiger partial charge on any atom is 0.0406 e. The second-order valence-electron chi connectivity index (χ2n) is 5.92. The number of halogens is 1. The summed E-state index contributed by atoms with van der Waals surface area (Å²) in [5.41, 5.74) is 1.38. The Hall–Kier alpha value is -0.830. The zero-order valence-corrected chi connectivity index (χ0v) is 14.4. The summed E-state index contributed by atoms with van der Waals surface area (Å²) >= 11 is 7.86. The van der Waals surface area contributed by atoms with E-state index in [1.807, 2.05) is 23.5 Å². The molecule has 2 aromatic rings. The van der Waals surface area contributed by atoms with Crippen LogP contribution in [0.2, 0.25) is 5.02 Å². The number of rotatable bonds is 8. The van der Waals surface area contributed by atoms with E-state index in [-0.39, 0.29) is 0 Å². The van der Waals surface area contributed by atoms with Crippen molar-refractivity contribution in [3.05, 3.63) is 57.2 Å². The molecule has 1 heterocycles. The fraction of sp³-hybridized carbons (Fsp3) is 0.444. The number of hydrogen-bond acceptors (Lipinski definition) is 2. The van der Waals surface area contributed by atoms with Crippen LogP contribution < -0.4 is 5.32 Å². The largest absolute Gasteiger partial charge is 0.316 e. The minimum atomic E-state index is 0.545. The van der Waals surface area contributed by atoms with E-state index in [4.69, 9.17) is 11.6 Å². The summed E-state index contributed by atoms with van der Waals surface area (Å²) in [7, 11) is 0. The highest BCUT2D eigenvalue weighted by atomic mass is 35.5. The Labute approximate surface area is 137 Å². The second kappa shape index (κ2) is 8.57. The van der Waals surface area contributed by atoms with Crippen LogP contribution in [0.25, 0.3) is 0 Å². The predicted molar refractivity (Wildman–Crippen MR) is 94.5 cm³/mol. The van der Waals surface area contributed by atoms with Crippen LogP contribution in [-0.4, -0.2) is 13.1 Å². The van der Waals surface area contributed by atoms with E-state index in [1.54, 1.807) is 0 Å². The Bertz CT molecular complexity index is 505. The van der Waals surface area contributed by atoms with Gasteiger partial charge in [-0.05, 0) is 60.4 Å². The molecule has 1 aromatic carbocycles. The number of thiophene rings is 1. The molecule has 1 nitrogen and oxygen atoms in total. The number of benzene rings is 1. The molecular formula is C18H24ClNS. The molecule has 0 radical (unpaired) electrons. The molecule has 0 aliphatic carbocycles. The lowest BCUT2D eigenvalue weighted by Gasteiger charge is -2.19. The highest BCUT2D eigenvalue weighted by Gasteiger charge is 2.12. The first-order chi connectivity index (χ1) is 10.1. The monoisotopic (exact) mass is 321 g/mol. The van der Waals surface area contributed by atoms with Gasteiger partial charge >= 0.3 is 0 Å². The fourth-order valence-electron chi connectivity index (χ4n) is 2.44. The predicted octanol–water partition coefficient (Wildman–Crippen LogP) is 5.36. The molecule has 0 fully saturated rings. The van der Waals surface area contributed by atoms with Crippen LogP contribution in [0.3, 0.4) is 0 Å². The molecule has 0 bridgehead atoms. The van der Waals surface area contributed by atoms with Crippen LogP contribution in [0.15, 0.2) is 41.8 Å². The van der Waals surface area contributed by atoms with Gasteiger partial charge in [-0.1, -0.05) is 43.6 Å². The molecule has 0 aliphatic rings. The lowest BCUT2D eigenvalue weighted by Crippen LogP contribution is -2.25. The van der Waals surface area contributed by atoms with Gasteiger partial charge in [-0.2, -0.15) is 0 Å². The van der Waals surface area contributed by atoms with Crippen LogP contribution in [0, 0.1) is 5.92 Å². The highest BCUT2D eigenvalue weighted by Crippen LogP contribution is 2.24. The first-order valence-corrected chi connectivity index (χ1v) is 8.89. The molecule has 0 aliphatic heterocycles. The first-order valence-electron chi connectivity index (χ1n) is 7.63. The van der Waals surface area contributed by atoms with E-state index in [0.29, 0.717) is 11.8 Å². The normalized spacial score (nSPS) is 12.8. The van der Waals surface area contributed by atoms with Gasteiger partial charge in [0.05, 0.1) is 0 Å². The summed E-state index contributed by atoms with van der Waals surface area (Å²) in [6.45, 7) is 6.60. The van der Waals surface area contributed by atoms with Gasteiger partial charge in [0, 0.05) is 16.4 Å². The lowest BCUT2D eigenvalue weighted by molar-refractivity contribution is 0.501. The van der Waals surface area contributed by atoms with Crippen LogP contribution in [0.1, 0.15) is 36.6 Å². The van der Waals surface area contributed by atoms with E-state index in [0.717, 1.165) is 24.5 Å². The molecule has 0 saturated carbocycles. The Morgan fingerprint density at radius 3 is 2.48 bits per heavy atom. The third-order valence-corrected chi connectivity index (χ3v) is 4.79. The van der Waals surface area contributed by atoms with Crippen molar-refractivity contribution in [2.24, 2.45) is 5.92 Å². The first kappa shape index (κ1) is 16.5. The van der Waals surface area contributed by atoms with Gasteiger partial charge in [-0.15, -0.1) is 11.3 Å². The van der Waals surface area contributed by atoms with E-state index in [1.165, 1.54) is 16.9 Å². The van der Waals surface area contributed by atoms with Crippen molar-refractivity contribution < 1.29 is 0 Å². The smallest absolute Gasteiger partial charge is 0.0406 e. The molecule has 21 heavy (non-hydrogen) atoms. The van der Waals surface area contributed by atoms with Gasteiger partial charge in [-0.3, -0.25) is 0 Å². The maximum atomic E-state index is 6.01. The molecule has 3 heteroatoms. The van der Waals surface area contributed by atoms with Gasteiger partial charge in [0.25, 0.3) is 0 Å². The fourth-order valence-corrected chi connectivity index (χ4v) is 3.29. The van der Waals surface area contributed by atoms with Crippen molar-refractivity contribution in [3.8, 4) is 0 Å². The minimum absolute atomic E-state index is 0.545. The quantitative estimate of drug-likeness (QED) is 0.689. The van der Waals surface area contributed by atoms with Crippen LogP contribution in [0.4, 0.5) is 0 Å². The molecule has 0 saturated heterocycles. The van der Waals surface area contributed by atoms with Crippen LogP contribution >= 0.6 is 22.9 Å². The van der Waals surface area contributed by atoms with Crippen molar-refractivity contribution in [2.45, 2.75) is 32.6 Å². The third-order valence-electron chi connectivity index (χ3n) is 3.60. The van der Waals surface area contributed by atoms with Crippen molar-refractivity contribution >= 4 is 22.9 Å². The summed E-state index contributed by atoms with van der Waals surface area (Å²) in [6, 6.07) is 12.7. The molecule has 114 valence electrons. The highest BCUT2D eigenvalue weighted by molar-refractivity contribution is 7.09. The Morgan fingerprint density at radius 2 is 1.86 bits per heavy atom. The topological polar surface area (TPSA) is 12.0 Å². The Morgan fingerprint density at radius 1 is 1.10 bits per heavy atom. The van der Waals surface area contributed by atoms with Crippen molar-refractivity contribution in [3.63, 3.8) is 0 Å². The number of hydrogen-bond donors (Lipinski definition) is 1. The SMILES string of the molecule is CC(C)CNCC(CCc1cccs1)c1ccc(Cl)cc1. The second-order valence-corrected chi connectivity index (χ2v) is 7.39. The van der Waals surface area contributed by atoms with Crippen LogP contribution in [0.5, 0.6) is 0 Å². The molecule has 0 amide bonds.